The van der Waals surface area contributed by atoms with Crippen molar-refractivity contribution < 1.29 is 47.0 Å². The molecule has 2 aromatic heterocycles. The fourth-order valence-electron chi connectivity index (χ4n) is 9.24. The molecular formula is C52H74F2N10O8. The van der Waals surface area contributed by atoms with Crippen LogP contribution in [0.5, 0.6) is 0 Å². The zero-order valence-electron chi connectivity index (χ0n) is 44.3. The Bertz CT molecular complexity index is 2490. The lowest BCUT2D eigenvalue weighted by Crippen LogP contribution is -2.57. The van der Waals surface area contributed by atoms with Crippen LogP contribution in [-0.2, 0) is 41.7 Å². The van der Waals surface area contributed by atoms with Crippen molar-refractivity contribution in [2.75, 3.05) is 27.2 Å². The van der Waals surface area contributed by atoms with Crippen LogP contribution in [0, 0.1) is 23.5 Å². The SMILES string of the molecule is CC(C)[C@@H](NC(=O)[C@@H](C)N(C)C(=O)OC(C)(C)C)C(=O)N1CCC[C@H]1Cn1c(-c2nc3cc(F)ccc3n2C[C@@H]2CCCN2C(=O)[C@H](NC(=O)[C@@H](C)N(C)C(=O)OC(C)(C)C)C(C)C)nc2cc(F)ccc21. The van der Waals surface area contributed by atoms with Gasteiger partial charge in [-0.1, -0.05) is 27.7 Å². The van der Waals surface area contributed by atoms with Crippen molar-refractivity contribution in [2.24, 2.45) is 11.8 Å². The summed E-state index contributed by atoms with van der Waals surface area (Å²) in [7, 11) is 2.94. The van der Waals surface area contributed by atoms with Gasteiger partial charge in [0.15, 0.2) is 11.6 Å². The largest absolute Gasteiger partial charge is 0.444 e. The summed E-state index contributed by atoms with van der Waals surface area (Å²) < 4.78 is 44.7. The summed E-state index contributed by atoms with van der Waals surface area (Å²) >= 11 is 0. The Hall–Kier alpha value is -6.34. The number of likely N-dealkylation sites (tertiary alicyclic amines) is 2. The molecule has 394 valence electrons. The molecular weight excluding hydrogens is 931 g/mol. The van der Waals surface area contributed by atoms with Gasteiger partial charge in [0, 0.05) is 64.5 Å². The normalized spacial score (nSPS) is 18.1. The van der Waals surface area contributed by atoms with E-state index in [1.54, 1.807) is 77.3 Å². The standard InChI is InChI=1S/C52H74F2N10O8/c1-29(2)41(57-45(65)31(5)59(13)49(69)71-51(7,8)9)47(67)61-23-15-17-35(61)27-63-39-21-19-33(53)25-37(39)55-43(63)44-56-38-26-34(54)20-22-40(38)64(44)28-36-18-16-24-62(36)48(68)42(30(3)4)58-46(66)32(6)60(14)50(70)72-52(10,11)12/h19-22,25-26,29-32,35-36,41-42H,15-18,23-24,27-28H2,1-14H3,(H,57,65)(H,58,66)/t31-,32-,35+,36+,41-,42-/m1/s1. The van der Waals surface area contributed by atoms with E-state index in [-0.39, 0.29) is 36.7 Å². The molecule has 2 N–H and O–H groups in total. The number of nitrogens with zero attached hydrogens (tertiary/aromatic N) is 8. The molecule has 0 unspecified atom stereocenters. The maximum Gasteiger partial charge on any atom is 0.410 e. The Morgan fingerprint density at radius 2 is 0.972 bits per heavy atom. The molecule has 2 saturated heterocycles. The van der Waals surface area contributed by atoms with E-state index < -0.39 is 83.1 Å². The van der Waals surface area contributed by atoms with Gasteiger partial charge in [0.25, 0.3) is 0 Å². The van der Waals surface area contributed by atoms with Crippen molar-refractivity contribution in [1.29, 1.82) is 0 Å². The van der Waals surface area contributed by atoms with E-state index in [1.165, 1.54) is 48.2 Å². The molecule has 0 spiro atoms. The third-order valence-electron chi connectivity index (χ3n) is 13.5. The molecule has 72 heavy (non-hydrogen) atoms. The molecule has 2 aromatic carbocycles. The van der Waals surface area contributed by atoms with Crippen LogP contribution in [-0.4, -0.2) is 149 Å². The van der Waals surface area contributed by atoms with Crippen molar-refractivity contribution in [3.8, 4) is 11.6 Å². The van der Waals surface area contributed by atoms with E-state index in [0.717, 1.165) is 0 Å². The van der Waals surface area contributed by atoms with Crippen molar-refractivity contribution >= 4 is 57.9 Å². The highest BCUT2D eigenvalue weighted by atomic mass is 19.1. The molecule has 4 heterocycles. The van der Waals surface area contributed by atoms with Gasteiger partial charge in [-0.2, -0.15) is 0 Å². The molecule has 4 aromatic rings. The average Bonchev–Trinajstić information content (AvgIpc) is 4.10. The predicted octanol–water partition coefficient (Wildman–Crippen LogP) is 7.11. The van der Waals surface area contributed by atoms with Gasteiger partial charge in [0.2, 0.25) is 23.6 Å². The summed E-state index contributed by atoms with van der Waals surface area (Å²) in [6.45, 7) is 22.1. The first kappa shape index (κ1) is 55.0. The van der Waals surface area contributed by atoms with Crippen LogP contribution in [0.3, 0.4) is 0 Å². The number of halogens is 2. The van der Waals surface area contributed by atoms with E-state index >= 15 is 0 Å². The Labute approximate surface area is 421 Å². The number of hydrogen-bond donors (Lipinski definition) is 2. The van der Waals surface area contributed by atoms with Crippen LogP contribution in [0.4, 0.5) is 18.4 Å². The van der Waals surface area contributed by atoms with E-state index in [9.17, 15) is 37.5 Å². The summed E-state index contributed by atoms with van der Waals surface area (Å²) in [6.07, 6.45) is 1.20. The van der Waals surface area contributed by atoms with Gasteiger partial charge in [-0.05, 0) is 117 Å². The van der Waals surface area contributed by atoms with Gasteiger partial charge < -0.3 is 39.0 Å². The Balaban J connectivity index is 1.30. The van der Waals surface area contributed by atoms with Crippen LogP contribution in [0.25, 0.3) is 33.7 Å². The number of hydrogen-bond acceptors (Lipinski definition) is 10. The Morgan fingerprint density at radius 3 is 1.29 bits per heavy atom. The minimum atomic E-state index is -0.948. The number of benzene rings is 2. The molecule has 18 nitrogen and oxygen atoms in total. The van der Waals surface area contributed by atoms with Crippen molar-refractivity contribution in [1.82, 2.24) is 49.3 Å². The zero-order chi connectivity index (χ0) is 53.3. The Kier molecular flexibility index (Phi) is 16.6. The lowest BCUT2D eigenvalue weighted by Gasteiger charge is -2.33. The second-order valence-electron chi connectivity index (χ2n) is 22.0. The number of ether oxygens (including phenoxy) is 2. The first-order valence-electron chi connectivity index (χ1n) is 25.0. The maximum atomic E-state index is 15.0. The van der Waals surface area contributed by atoms with Crippen molar-refractivity contribution in [2.45, 2.75) is 169 Å². The summed E-state index contributed by atoms with van der Waals surface area (Å²) in [6, 6.07) is 4.02. The van der Waals surface area contributed by atoms with Crippen LogP contribution in [0.1, 0.15) is 109 Å². The molecule has 2 aliphatic heterocycles. The average molecular weight is 1010 g/mol. The molecule has 20 heteroatoms. The molecule has 0 aliphatic carbocycles. The molecule has 0 saturated carbocycles. The molecule has 6 rings (SSSR count). The van der Waals surface area contributed by atoms with Crippen molar-refractivity contribution in [3.63, 3.8) is 0 Å². The highest BCUT2D eigenvalue weighted by molar-refractivity contribution is 5.93. The fourth-order valence-corrected chi connectivity index (χ4v) is 9.24. The van der Waals surface area contributed by atoms with Gasteiger partial charge in [-0.25, -0.2) is 28.3 Å². The predicted molar refractivity (Wildman–Crippen MR) is 268 cm³/mol. The second kappa shape index (κ2) is 21.8. The molecule has 2 aliphatic rings. The lowest BCUT2D eigenvalue weighted by molar-refractivity contribution is -0.139. The minimum Gasteiger partial charge on any atom is -0.444 e. The van der Waals surface area contributed by atoms with Crippen molar-refractivity contribution in [3.05, 3.63) is 48.0 Å². The summed E-state index contributed by atoms with van der Waals surface area (Å²) in [4.78, 5) is 98.0. The highest BCUT2D eigenvalue weighted by Gasteiger charge is 2.40. The lowest BCUT2D eigenvalue weighted by atomic mass is 10.0. The van der Waals surface area contributed by atoms with Crippen LogP contribution in [0.2, 0.25) is 0 Å². The minimum absolute atomic E-state index is 0.211. The third-order valence-corrected chi connectivity index (χ3v) is 13.5. The molecule has 0 radical (unpaired) electrons. The molecule has 6 atom stereocenters. The number of nitrogens with one attached hydrogen (secondary N) is 2. The van der Waals surface area contributed by atoms with Crippen LogP contribution >= 0.6 is 0 Å². The molecule has 2 fully saturated rings. The summed E-state index contributed by atoms with van der Waals surface area (Å²) in [5.74, 6) is -2.60. The third kappa shape index (κ3) is 12.5. The number of imidazole rings is 2. The molecule has 6 amide bonds. The monoisotopic (exact) mass is 1000 g/mol. The van der Waals surface area contributed by atoms with E-state index in [1.807, 2.05) is 36.8 Å². The zero-order valence-corrected chi connectivity index (χ0v) is 44.3. The van der Waals surface area contributed by atoms with E-state index in [2.05, 4.69) is 10.6 Å². The van der Waals surface area contributed by atoms with Gasteiger partial charge in [0.1, 0.15) is 47.0 Å². The Morgan fingerprint density at radius 1 is 0.625 bits per heavy atom. The quantitative estimate of drug-likeness (QED) is 0.124. The topological polar surface area (TPSA) is 194 Å². The smallest absolute Gasteiger partial charge is 0.410 e. The highest BCUT2D eigenvalue weighted by Crippen LogP contribution is 2.33. The fraction of sp³-hybridized carbons (Fsp3) is 0.615. The molecule has 0 bridgehead atoms. The van der Waals surface area contributed by atoms with Crippen LogP contribution < -0.4 is 10.6 Å². The number of carbonyl (C=O) groups excluding carboxylic acids is 6. The number of rotatable bonds is 15. The van der Waals surface area contributed by atoms with Gasteiger partial charge in [0.05, 0.1) is 22.1 Å². The summed E-state index contributed by atoms with van der Waals surface area (Å²) in [5.41, 5.74) is 0.264. The van der Waals surface area contributed by atoms with E-state index in [4.69, 9.17) is 19.4 Å². The second-order valence-corrected chi connectivity index (χ2v) is 22.0. The summed E-state index contributed by atoms with van der Waals surface area (Å²) in [5, 5.41) is 5.81. The van der Waals surface area contributed by atoms with Gasteiger partial charge in [-0.15, -0.1) is 0 Å². The number of amides is 6. The number of aromatic nitrogens is 4. The van der Waals surface area contributed by atoms with Gasteiger partial charge >= 0.3 is 12.2 Å². The van der Waals surface area contributed by atoms with Gasteiger partial charge in [-0.3, -0.25) is 29.0 Å². The number of fused-ring (bicyclic) bond motifs is 2. The number of carbonyl (C=O) groups is 6. The number of likely N-dealkylation sites (N-methyl/N-ethyl adjacent to an activating group) is 2. The first-order valence-corrected chi connectivity index (χ1v) is 25.0. The maximum absolute atomic E-state index is 15.0. The van der Waals surface area contributed by atoms with E-state index in [0.29, 0.717) is 72.5 Å². The first-order chi connectivity index (χ1) is 33.6. The van der Waals surface area contributed by atoms with Crippen LogP contribution in [0.15, 0.2) is 36.4 Å².